The largest absolute Gasteiger partial charge is 0.369 e. The Kier molecular flexibility index (Phi) is 4.00. The van der Waals surface area contributed by atoms with Crippen molar-refractivity contribution in [3.8, 4) is 6.07 Å². The molecule has 1 aliphatic rings. The molecule has 0 unspecified atom stereocenters. The number of anilines is 1. The number of aryl methyl sites for hydroxylation is 1. The molecule has 17 heavy (non-hydrogen) atoms. The zero-order valence-corrected chi connectivity index (χ0v) is 10.4. The number of piperazine rings is 1. The number of nitrogens with zero attached hydrogens (tertiary/aromatic N) is 3. The third kappa shape index (κ3) is 2.78. The van der Waals surface area contributed by atoms with Crippen molar-refractivity contribution in [2.24, 2.45) is 0 Å². The molecule has 0 aliphatic carbocycles. The van der Waals surface area contributed by atoms with Gasteiger partial charge in [0.1, 0.15) is 0 Å². The summed E-state index contributed by atoms with van der Waals surface area (Å²) in [5.41, 5.74) is 2.79. The number of para-hydroxylation sites is 1. The molecule has 0 bridgehead atoms. The second kappa shape index (κ2) is 5.70. The Morgan fingerprint density at radius 1 is 1.18 bits per heavy atom. The van der Waals surface area contributed by atoms with Gasteiger partial charge in [-0.05, 0) is 18.1 Å². The second-order valence-corrected chi connectivity index (χ2v) is 4.40. The van der Waals surface area contributed by atoms with E-state index < -0.39 is 0 Å². The molecule has 1 aromatic rings. The number of hydrogen-bond donors (Lipinski definition) is 0. The first kappa shape index (κ1) is 11.9. The Morgan fingerprint density at radius 3 is 2.53 bits per heavy atom. The van der Waals surface area contributed by atoms with E-state index >= 15 is 0 Å². The van der Waals surface area contributed by atoms with Crippen LogP contribution < -0.4 is 4.90 Å². The maximum atomic E-state index is 8.68. The lowest BCUT2D eigenvalue weighted by atomic mass is 10.1. The number of rotatable bonds is 3. The lowest BCUT2D eigenvalue weighted by Gasteiger charge is -2.35. The van der Waals surface area contributed by atoms with Gasteiger partial charge in [-0.1, -0.05) is 25.1 Å². The normalized spacial score (nSPS) is 16.8. The van der Waals surface area contributed by atoms with Crippen molar-refractivity contribution < 1.29 is 0 Å². The lowest BCUT2D eigenvalue weighted by molar-refractivity contribution is 0.287. The van der Waals surface area contributed by atoms with Crippen LogP contribution in [0.5, 0.6) is 0 Å². The first-order valence-corrected chi connectivity index (χ1v) is 6.27. The first-order valence-electron chi connectivity index (χ1n) is 6.27. The summed E-state index contributed by atoms with van der Waals surface area (Å²) in [7, 11) is 0. The first-order chi connectivity index (χ1) is 8.35. The molecule has 2 rings (SSSR count). The zero-order chi connectivity index (χ0) is 12.1. The average molecular weight is 229 g/mol. The number of benzene rings is 1. The van der Waals surface area contributed by atoms with E-state index in [-0.39, 0.29) is 0 Å². The van der Waals surface area contributed by atoms with Crippen LogP contribution in [-0.2, 0) is 6.42 Å². The predicted molar refractivity (Wildman–Crippen MR) is 70.1 cm³/mol. The Hall–Kier alpha value is -1.53. The molecule has 1 aromatic carbocycles. The van der Waals surface area contributed by atoms with Crippen molar-refractivity contribution in [3.63, 3.8) is 0 Å². The van der Waals surface area contributed by atoms with Crippen molar-refractivity contribution >= 4 is 5.69 Å². The Balaban J connectivity index is 2.03. The van der Waals surface area contributed by atoms with Gasteiger partial charge in [0.15, 0.2) is 0 Å². The van der Waals surface area contributed by atoms with E-state index in [0.717, 1.165) is 32.6 Å². The van der Waals surface area contributed by atoms with Crippen molar-refractivity contribution in [2.75, 3.05) is 37.6 Å². The molecule has 1 saturated heterocycles. The third-order valence-electron chi connectivity index (χ3n) is 3.38. The summed E-state index contributed by atoms with van der Waals surface area (Å²) in [5, 5.41) is 8.68. The van der Waals surface area contributed by atoms with Gasteiger partial charge in [0.05, 0.1) is 12.6 Å². The molecule has 0 N–H and O–H groups in total. The van der Waals surface area contributed by atoms with Gasteiger partial charge in [0.25, 0.3) is 0 Å². The molecule has 1 heterocycles. The monoisotopic (exact) mass is 229 g/mol. The molecule has 0 aromatic heterocycles. The minimum absolute atomic E-state index is 0.559. The third-order valence-corrected chi connectivity index (χ3v) is 3.38. The molecule has 0 radical (unpaired) electrons. The van der Waals surface area contributed by atoms with E-state index in [1.54, 1.807) is 0 Å². The highest BCUT2D eigenvalue weighted by atomic mass is 15.3. The van der Waals surface area contributed by atoms with E-state index in [1.807, 2.05) is 0 Å². The van der Waals surface area contributed by atoms with Crippen LogP contribution in [0.15, 0.2) is 24.3 Å². The Labute approximate surface area is 103 Å². The van der Waals surface area contributed by atoms with Gasteiger partial charge >= 0.3 is 0 Å². The SMILES string of the molecule is CCc1ccccc1N1CCN(CC#N)CC1. The van der Waals surface area contributed by atoms with E-state index in [4.69, 9.17) is 5.26 Å². The summed E-state index contributed by atoms with van der Waals surface area (Å²) < 4.78 is 0. The molecule has 3 nitrogen and oxygen atoms in total. The van der Waals surface area contributed by atoms with Gasteiger partial charge in [0, 0.05) is 31.9 Å². The van der Waals surface area contributed by atoms with E-state index in [9.17, 15) is 0 Å². The maximum Gasteiger partial charge on any atom is 0.0867 e. The van der Waals surface area contributed by atoms with Gasteiger partial charge < -0.3 is 4.90 Å². The summed E-state index contributed by atoms with van der Waals surface area (Å²) in [6, 6.07) is 10.8. The minimum Gasteiger partial charge on any atom is -0.369 e. The number of hydrogen-bond acceptors (Lipinski definition) is 3. The molecule has 0 saturated carbocycles. The van der Waals surface area contributed by atoms with Crippen LogP contribution in [0.4, 0.5) is 5.69 Å². The molecular formula is C14H19N3. The van der Waals surface area contributed by atoms with Crippen LogP contribution in [-0.4, -0.2) is 37.6 Å². The van der Waals surface area contributed by atoms with Gasteiger partial charge in [-0.2, -0.15) is 5.26 Å². The highest BCUT2D eigenvalue weighted by Gasteiger charge is 2.17. The van der Waals surface area contributed by atoms with Gasteiger partial charge in [-0.3, -0.25) is 4.90 Å². The highest BCUT2D eigenvalue weighted by Crippen LogP contribution is 2.22. The Morgan fingerprint density at radius 2 is 1.88 bits per heavy atom. The predicted octanol–water partition coefficient (Wildman–Crippen LogP) is 1.89. The number of nitriles is 1. The topological polar surface area (TPSA) is 30.3 Å². The fraction of sp³-hybridized carbons (Fsp3) is 0.500. The smallest absolute Gasteiger partial charge is 0.0867 e. The zero-order valence-electron chi connectivity index (χ0n) is 10.4. The van der Waals surface area contributed by atoms with Crippen LogP contribution in [0, 0.1) is 11.3 Å². The molecule has 0 spiro atoms. The van der Waals surface area contributed by atoms with E-state index in [0.29, 0.717) is 6.54 Å². The summed E-state index contributed by atoms with van der Waals surface area (Å²) >= 11 is 0. The van der Waals surface area contributed by atoms with Crippen molar-refractivity contribution in [1.29, 1.82) is 5.26 Å². The van der Waals surface area contributed by atoms with Crippen LogP contribution in [0.25, 0.3) is 0 Å². The quantitative estimate of drug-likeness (QED) is 0.742. The summed E-state index contributed by atoms with van der Waals surface area (Å²) in [5.74, 6) is 0. The van der Waals surface area contributed by atoms with Crippen molar-refractivity contribution in [3.05, 3.63) is 29.8 Å². The standard InChI is InChI=1S/C14H19N3/c1-2-13-5-3-4-6-14(13)17-11-9-16(8-7-15)10-12-17/h3-6H,2,8-12H2,1H3. The highest BCUT2D eigenvalue weighted by molar-refractivity contribution is 5.54. The Bertz CT molecular complexity index is 400. The van der Waals surface area contributed by atoms with Gasteiger partial charge in [0.2, 0.25) is 0 Å². The average Bonchev–Trinajstić information content (AvgIpc) is 2.40. The molecule has 90 valence electrons. The van der Waals surface area contributed by atoms with E-state index in [2.05, 4.69) is 47.1 Å². The molecule has 3 heteroatoms. The summed E-state index contributed by atoms with van der Waals surface area (Å²) in [4.78, 5) is 4.65. The van der Waals surface area contributed by atoms with Crippen molar-refractivity contribution in [1.82, 2.24) is 4.90 Å². The molecule has 0 amide bonds. The second-order valence-electron chi connectivity index (χ2n) is 4.40. The van der Waals surface area contributed by atoms with Crippen LogP contribution in [0.3, 0.4) is 0 Å². The molecular weight excluding hydrogens is 210 g/mol. The van der Waals surface area contributed by atoms with Gasteiger partial charge in [-0.25, -0.2) is 0 Å². The lowest BCUT2D eigenvalue weighted by Crippen LogP contribution is -2.46. The molecule has 0 atom stereocenters. The van der Waals surface area contributed by atoms with Crippen molar-refractivity contribution in [2.45, 2.75) is 13.3 Å². The maximum absolute atomic E-state index is 8.68. The van der Waals surface area contributed by atoms with Crippen LogP contribution in [0.2, 0.25) is 0 Å². The van der Waals surface area contributed by atoms with Gasteiger partial charge in [-0.15, -0.1) is 0 Å². The van der Waals surface area contributed by atoms with Crippen LogP contribution in [0.1, 0.15) is 12.5 Å². The van der Waals surface area contributed by atoms with E-state index in [1.165, 1.54) is 11.3 Å². The summed E-state index contributed by atoms with van der Waals surface area (Å²) in [6.07, 6.45) is 1.08. The summed E-state index contributed by atoms with van der Waals surface area (Å²) in [6.45, 7) is 6.79. The fourth-order valence-corrected chi connectivity index (χ4v) is 2.37. The fourth-order valence-electron chi connectivity index (χ4n) is 2.37. The van der Waals surface area contributed by atoms with Crippen LogP contribution >= 0.6 is 0 Å². The molecule has 1 aliphatic heterocycles. The minimum atomic E-state index is 0.559. The molecule has 1 fully saturated rings.